The Balaban J connectivity index is 2.74. The van der Waals surface area contributed by atoms with Gasteiger partial charge in [0, 0.05) is 19.0 Å². The fourth-order valence-electron chi connectivity index (χ4n) is 1.47. The number of rotatable bonds is 6. The van der Waals surface area contributed by atoms with E-state index in [2.05, 4.69) is 0 Å². The number of hydrogen-bond donors (Lipinski definition) is 0. The molecule has 0 N–H and O–H groups in total. The van der Waals surface area contributed by atoms with Crippen molar-refractivity contribution in [2.45, 2.75) is 12.2 Å². The van der Waals surface area contributed by atoms with E-state index in [4.69, 9.17) is 0 Å². The van der Waals surface area contributed by atoms with Crippen molar-refractivity contribution in [1.82, 2.24) is 4.90 Å². The second kappa shape index (κ2) is 7.13. The van der Waals surface area contributed by atoms with Gasteiger partial charge in [-0.3, -0.25) is 14.9 Å². The van der Waals surface area contributed by atoms with Gasteiger partial charge in [-0.15, -0.1) is 11.8 Å². The number of hydrogen-bond acceptors (Lipinski definition) is 4. The van der Waals surface area contributed by atoms with E-state index in [9.17, 15) is 14.9 Å². The summed E-state index contributed by atoms with van der Waals surface area (Å²) in [5.74, 6) is 0.213. The Morgan fingerprint density at radius 2 is 1.95 bits per heavy atom. The highest BCUT2D eigenvalue weighted by molar-refractivity contribution is 8.00. The summed E-state index contributed by atoms with van der Waals surface area (Å²) in [5, 5.41) is 10.4. The molecule has 0 aromatic heterocycles. The van der Waals surface area contributed by atoms with E-state index in [1.807, 2.05) is 31.2 Å². The predicted molar refractivity (Wildman–Crippen MR) is 76.9 cm³/mol. The number of carbonyl (C=O) groups excluding carboxylic acids is 1. The molecule has 0 saturated heterocycles. The predicted octanol–water partition coefficient (Wildman–Crippen LogP) is 2.13. The van der Waals surface area contributed by atoms with Gasteiger partial charge in [0.05, 0.1) is 11.0 Å². The number of carbonyl (C=O) groups is 1. The normalized spacial score (nSPS) is 11.9. The molecular weight excluding hydrogens is 264 g/mol. The maximum absolute atomic E-state index is 11.6. The maximum atomic E-state index is 11.6. The summed E-state index contributed by atoms with van der Waals surface area (Å²) < 4.78 is 0. The average Bonchev–Trinajstić information content (AvgIpc) is 2.34. The van der Waals surface area contributed by atoms with Gasteiger partial charge in [0.2, 0.25) is 12.5 Å². The highest BCUT2D eigenvalue weighted by Crippen LogP contribution is 2.29. The molecule has 0 heterocycles. The molecule has 5 nitrogen and oxygen atoms in total. The second-order valence-electron chi connectivity index (χ2n) is 4.51. The van der Waals surface area contributed by atoms with Gasteiger partial charge in [0.15, 0.2) is 0 Å². The van der Waals surface area contributed by atoms with Crippen LogP contribution >= 0.6 is 11.8 Å². The van der Waals surface area contributed by atoms with Crippen molar-refractivity contribution in [3.63, 3.8) is 0 Å². The van der Waals surface area contributed by atoms with Gasteiger partial charge in [-0.2, -0.15) is 0 Å². The molecule has 1 atom stereocenters. The molecule has 0 fully saturated rings. The third-order valence-electron chi connectivity index (χ3n) is 2.67. The van der Waals surface area contributed by atoms with Crippen LogP contribution in [0.1, 0.15) is 16.4 Å². The molecule has 0 aliphatic rings. The summed E-state index contributed by atoms with van der Waals surface area (Å²) in [7, 11) is 3.36. The molecule has 1 aromatic carbocycles. The number of amides is 1. The molecule has 1 amide bonds. The van der Waals surface area contributed by atoms with Crippen LogP contribution in [0.15, 0.2) is 24.3 Å². The zero-order chi connectivity index (χ0) is 14.4. The minimum atomic E-state index is -0.336. The first kappa shape index (κ1) is 15.5. The van der Waals surface area contributed by atoms with Crippen molar-refractivity contribution in [3.05, 3.63) is 45.5 Å². The van der Waals surface area contributed by atoms with Crippen LogP contribution in [-0.4, -0.2) is 42.1 Å². The average molecular weight is 282 g/mol. The van der Waals surface area contributed by atoms with Gasteiger partial charge < -0.3 is 4.90 Å². The van der Waals surface area contributed by atoms with Crippen molar-refractivity contribution < 1.29 is 9.72 Å². The molecule has 19 heavy (non-hydrogen) atoms. The Morgan fingerprint density at radius 1 is 1.37 bits per heavy atom. The molecule has 0 aliphatic carbocycles. The minimum Gasteiger partial charge on any atom is -0.348 e. The van der Waals surface area contributed by atoms with Crippen molar-refractivity contribution in [2.75, 3.05) is 26.4 Å². The van der Waals surface area contributed by atoms with Crippen LogP contribution in [0.4, 0.5) is 0 Å². The fourth-order valence-corrected chi connectivity index (χ4v) is 2.65. The van der Waals surface area contributed by atoms with Crippen LogP contribution in [0.2, 0.25) is 0 Å². The quantitative estimate of drug-likeness (QED) is 0.592. The van der Waals surface area contributed by atoms with Crippen molar-refractivity contribution in [1.29, 1.82) is 0 Å². The van der Waals surface area contributed by atoms with E-state index in [0.29, 0.717) is 0 Å². The van der Waals surface area contributed by atoms with Crippen LogP contribution < -0.4 is 0 Å². The summed E-state index contributed by atoms with van der Waals surface area (Å²) in [6.45, 7) is 1.80. The molecule has 0 bridgehead atoms. The summed E-state index contributed by atoms with van der Waals surface area (Å²) in [6, 6.07) is 7.63. The van der Waals surface area contributed by atoms with E-state index < -0.39 is 0 Å². The van der Waals surface area contributed by atoms with E-state index in [1.54, 1.807) is 14.1 Å². The number of nitrogens with zero attached hydrogens (tertiary/aromatic N) is 2. The Bertz CT molecular complexity index is 446. The Labute approximate surface area is 117 Å². The van der Waals surface area contributed by atoms with Crippen LogP contribution in [0.25, 0.3) is 0 Å². The van der Waals surface area contributed by atoms with Crippen LogP contribution in [-0.2, 0) is 4.79 Å². The molecule has 1 aromatic rings. The lowest BCUT2D eigenvalue weighted by Gasteiger charge is -2.15. The van der Waals surface area contributed by atoms with E-state index in [1.165, 1.54) is 16.7 Å². The minimum absolute atomic E-state index is 0.0366. The van der Waals surface area contributed by atoms with E-state index >= 15 is 0 Å². The van der Waals surface area contributed by atoms with Gasteiger partial charge in [-0.05, 0) is 12.5 Å². The summed E-state index contributed by atoms with van der Waals surface area (Å²) in [4.78, 5) is 23.4. The lowest BCUT2D eigenvalue weighted by molar-refractivity contribution is -0.479. The Morgan fingerprint density at radius 3 is 2.42 bits per heavy atom. The third kappa shape index (κ3) is 5.30. The van der Waals surface area contributed by atoms with Crippen molar-refractivity contribution in [2.24, 2.45) is 0 Å². The summed E-state index contributed by atoms with van der Waals surface area (Å²) in [5.41, 5.74) is 2.00. The smallest absolute Gasteiger partial charge is 0.232 e. The summed E-state index contributed by atoms with van der Waals surface area (Å²) in [6.07, 6.45) is 0. The SMILES string of the molecule is Cc1ccc(C(C[N+](=O)[O-])SCC(=O)N(C)C)cc1. The molecule has 104 valence electrons. The first-order valence-electron chi connectivity index (χ1n) is 5.90. The zero-order valence-corrected chi connectivity index (χ0v) is 12.1. The first-order valence-corrected chi connectivity index (χ1v) is 6.95. The summed E-state index contributed by atoms with van der Waals surface area (Å²) >= 11 is 1.31. The molecule has 1 unspecified atom stereocenters. The molecular formula is C13H18N2O3S. The lowest BCUT2D eigenvalue weighted by Crippen LogP contribution is -2.24. The Hall–Kier alpha value is -1.56. The molecule has 0 aliphatic heterocycles. The zero-order valence-electron chi connectivity index (χ0n) is 11.3. The van der Waals surface area contributed by atoms with Gasteiger partial charge >= 0.3 is 0 Å². The number of aryl methyl sites for hydroxylation is 1. The molecule has 6 heteroatoms. The monoisotopic (exact) mass is 282 g/mol. The first-order chi connectivity index (χ1) is 8.90. The van der Waals surface area contributed by atoms with Gasteiger partial charge in [-0.1, -0.05) is 29.8 Å². The van der Waals surface area contributed by atoms with Crippen LogP contribution in [0, 0.1) is 17.0 Å². The van der Waals surface area contributed by atoms with Gasteiger partial charge in [-0.25, -0.2) is 0 Å². The standard InChI is InChI=1S/C13H18N2O3S/c1-10-4-6-11(7-5-10)12(8-15(17)18)19-9-13(16)14(2)3/h4-7,12H,8-9H2,1-3H3. The molecule has 0 saturated carbocycles. The van der Waals surface area contributed by atoms with Gasteiger partial charge in [0.1, 0.15) is 0 Å². The number of benzene rings is 1. The van der Waals surface area contributed by atoms with Crippen LogP contribution in [0.5, 0.6) is 0 Å². The fraction of sp³-hybridized carbons (Fsp3) is 0.462. The highest BCUT2D eigenvalue weighted by Gasteiger charge is 2.20. The second-order valence-corrected chi connectivity index (χ2v) is 5.70. The highest BCUT2D eigenvalue weighted by atomic mass is 32.2. The maximum Gasteiger partial charge on any atom is 0.232 e. The van der Waals surface area contributed by atoms with E-state index in [-0.39, 0.29) is 28.4 Å². The third-order valence-corrected chi connectivity index (χ3v) is 3.91. The lowest BCUT2D eigenvalue weighted by atomic mass is 10.1. The Kier molecular flexibility index (Phi) is 5.82. The van der Waals surface area contributed by atoms with Crippen molar-refractivity contribution >= 4 is 17.7 Å². The largest absolute Gasteiger partial charge is 0.348 e. The van der Waals surface area contributed by atoms with Gasteiger partial charge in [0.25, 0.3) is 0 Å². The molecule has 0 radical (unpaired) electrons. The van der Waals surface area contributed by atoms with Crippen LogP contribution in [0.3, 0.4) is 0 Å². The van der Waals surface area contributed by atoms with E-state index in [0.717, 1.165) is 11.1 Å². The molecule has 0 spiro atoms. The molecule has 1 rings (SSSR count). The number of nitro groups is 1. The van der Waals surface area contributed by atoms with Crippen molar-refractivity contribution in [3.8, 4) is 0 Å². The topological polar surface area (TPSA) is 63.5 Å². The number of thioether (sulfide) groups is 1.